The van der Waals surface area contributed by atoms with E-state index in [9.17, 15) is 19.4 Å². The number of rotatable bonds is 69. The van der Waals surface area contributed by atoms with Gasteiger partial charge in [-0.15, -0.1) is 0 Å². The van der Waals surface area contributed by atoms with E-state index < -0.39 is 20.0 Å². The van der Waals surface area contributed by atoms with E-state index in [1.54, 1.807) is 6.08 Å². The normalized spacial score (nSPS) is 13.8. The number of hydrogen-bond acceptors (Lipinski definition) is 6. The molecule has 0 saturated carbocycles. The molecule has 3 atom stereocenters. The Balaban J connectivity index is 4.04. The number of carbonyl (C=O) groups is 1. The second kappa shape index (κ2) is 65.2. The zero-order valence-electron chi connectivity index (χ0n) is 56.4. The number of amides is 1. The van der Waals surface area contributed by atoms with Gasteiger partial charge in [0.25, 0.3) is 7.82 Å². The molecule has 0 aliphatic carbocycles. The number of phosphoric ester groups is 1. The number of carbonyl (C=O) groups excluding carboxylic acids is 1. The topological polar surface area (TPSA) is 108 Å². The molecular weight excluding hydrogens is 1040 g/mol. The van der Waals surface area contributed by atoms with Crippen molar-refractivity contribution in [3.8, 4) is 0 Å². The second-order valence-corrected chi connectivity index (χ2v) is 28.1. The summed E-state index contributed by atoms with van der Waals surface area (Å²) < 4.78 is 23.5. The van der Waals surface area contributed by atoms with Crippen LogP contribution in [-0.4, -0.2) is 68.5 Å². The summed E-state index contributed by atoms with van der Waals surface area (Å²) >= 11 is 0. The van der Waals surface area contributed by atoms with Crippen LogP contribution in [0.1, 0.15) is 380 Å². The van der Waals surface area contributed by atoms with E-state index in [0.717, 1.165) is 38.5 Å². The van der Waals surface area contributed by atoms with Gasteiger partial charge in [-0.2, -0.15) is 0 Å². The van der Waals surface area contributed by atoms with E-state index in [0.29, 0.717) is 17.4 Å². The fraction of sp³-hybridized carbons (Fsp3) is 0.905. The van der Waals surface area contributed by atoms with Crippen molar-refractivity contribution in [2.45, 2.75) is 392 Å². The van der Waals surface area contributed by atoms with Gasteiger partial charge >= 0.3 is 0 Å². The van der Waals surface area contributed by atoms with E-state index in [-0.39, 0.29) is 19.1 Å². The SMILES string of the molecule is CCCCCCCCCC/C=C\CCCCCCCCCCCCCCCCCCCCCC(=O)NC(COP(=O)([O-])OCC[N+](C)(C)C)C(O)/C=C/CC/C=C/CCCCCCCCCCCCCCCCCCCCCCCCCC. The predicted molar refractivity (Wildman–Crippen MR) is 362 cm³/mol. The molecule has 0 bridgehead atoms. The number of nitrogens with zero attached hydrogens (tertiary/aromatic N) is 1. The number of likely N-dealkylation sites (N-methyl/N-ethyl adjacent to an activating group) is 1. The molecule has 0 aromatic rings. The van der Waals surface area contributed by atoms with Crippen LogP contribution in [0.15, 0.2) is 36.5 Å². The van der Waals surface area contributed by atoms with Gasteiger partial charge < -0.3 is 28.8 Å². The number of hydrogen-bond donors (Lipinski definition) is 2. The number of aliphatic hydroxyl groups excluding tert-OH is 1. The minimum atomic E-state index is -4.61. The maximum absolute atomic E-state index is 13.0. The van der Waals surface area contributed by atoms with Crippen molar-refractivity contribution in [2.24, 2.45) is 0 Å². The summed E-state index contributed by atoms with van der Waals surface area (Å²) in [5, 5.41) is 14.0. The van der Waals surface area contributed by atoms with Gasteiger partial charge in [0.15, 0.2) is 0 Å². The first-order valence-corrected chi connectivity index (χ1v) is 38.3. The third-order valence-corrected chi connectivity index (χ3v) is 18.0. The van der Waals surface area contributed by atoms with Gasteiger partial charge in [0, 0.05) is 6.42 Å². The summed E-state index contributed by atoms with van der Waals surface area (Å²) in [6, 6.07) is -0.904. The average molecular weight is 1190 g/mol. The highest BCUT2D eigenvalue weighted by Gasteiger charge is 2.23. The van der Waals surface area contributed by atoms with E-state index in [2.05, 4.69) is 43.5 Å². The van der Waals surface area contributed by atoms with Gasteiger partial charge in [-0.25, -0.2) is 0 Å². The molecule has 0 radical (unpaired) electrons. The number of quaternary nitrogens is 1. The highest BCUT2D eigenvalue weighted by molar-refractivity contribution is 7.45. The number of allylic oxidation sites excluding steroid dienone is 5. The Morgan fingerprint density at radius 1 is 0.410 bits per heavy atom. The summed E-state index contributed by atoms with van der Waals surface area (Å²) in [5.74, 6) is -0.199. The molecular formula is C74H145N2O6P. The van der Waals surface area contributed by atoms with Crippen LogP contribution in [-0.2, 0) is 18.4 Å². The lowest BCUT2D eigenvalue weighted by Crippen LogP contribution is -2.45. The maximum atomic E-state index is 13.0. The van der Waals surface area contributed by atoms with Crippen molar-refractivity contribution in [3.63, 3.8) is 0 Å². The summed E-state index contributed by atoms with van der Waals surface area (Å²) in [4.78, 5) is 25.6. The summed E-state index contributed by atoms with van der Waals surface area (Å²) in [6.45, 7) is 4.69. The molecule has 0 heterocycles. The zero-order chi connectivity index (χ0) is 60.5. The predicted octanol–water partition coefficient (Wildman–Crippen LogP) is 23.0. The third-order valence-electron chi connectivity index (χ3n) is 17.1. The molecule has 0 aliphatic rings. The maximum Gasteiger partial charge on any atom is 0.268 e. The first kappa shape index (κ1) is 81.7. The van der Waals surface area contributed by atoms with Gasteiger partial charge in [0.1, 0.15) is 13.2 Å². The fourth-order valence-electron chi connectivity index (χ4n) is 11.3. The Hall–Kier alpha value is -1.28. The van der Waals surface area contributed by atoms with Crippen molar-refractivity contribution in [2.75, 3.05) is 40.9 Å². The molecule has 0 aromatic carbocycles. The van der Waals surface area contributed by atoms with E-state index >= 15 is 0 Å². The molecule has 0 aromatic heterocycles. The molecule has 0 fully saturated rings. The molecule has 492 valence electrons. The number of nitrogens with one attached hydrogen (secondary N) is 1. The molecule has 2 N–H and O–H groups in total. The minimum absolute atomic E-state index is 0.00440. The van der Waals surface area contributed by atoms with Gasteiger partial charge in [-0.3, -0.25) is 9.36 Å². The number of aliphatic hydroxyl groups is 1. The molecule has 8 nitrogen and oxygen atoms in total. The summed E-state index contributed by atoms with van der Waals surface area (Å²) in [6.07, 6.45) is 87.2. The van der Waals surface area contributed by atoms with Crippen LogP contribution in [0.4, 0.5) is 0 Å². The Morgan fingerprint density at radius 3 is 0.976 bits per heavy atom. The number of phosphoric acid groups is 1. The minimum Gasteiger partial charge on any atom is -0.756 e. The Labute approximate surface area is 518 Å². The second-order valence-electron chi connectivity index (χ2n) is 26.6. The van der Waals surface area contributed by atoms with E-state index in [1.165, 1.54) is 321 Å². The van der Waals surface area contributed by atoms with Crippen molar-refractivity contribution in [1.29, 1.82) is 0 Å². The largest absolute Gasteiger partial charge is 0.756 e. The van der Waals surface area contributed by atoms with Crippen LogP contribution >= 0.6 is 7.82 Å². The van der Waals surface area contributed by atoms with Gasteiger partial charge in [0.05, 0.1) is 39.9 Å². The number of unbranched alkanes of at least 4 members (excludes halogenated alkanes) is 52. The Kier molecular flexibility index (Phi) is 64.2. The van der Waals surface area contributed by atoms with Crippen molar-refractivity contribution >= 4 is 13.7 Å². The highest BCUT2D eigenvalue weighted by Crippen LogP contribution is 2.38. The summed E-state index contributed by atoms with van der Waals surface area (Å²) in [7, 11) is 1.26. The first-order valence-electron chi connectivity index (χ1n) is 36.9. The lowest BCUT2D eigenvalue weighted by molar-refractivity contribution is -0.870. The van der Waals surface area contributed by atoms with Crippen LogP contribution in [0.5, 0.6) is 0 Å². The summed E-state index contributed by atoms with van der Waals surface area (Å²) in [5.41, 5.74) is 0. The van der Waals surface area contributed by atoms with E-state index in [4.69, 9.17) is 9.05 Å². The molecule has 0 rings (SSSR count). The van der Waals surface area contributed by atoms with Crippen LogP contribution < -0.4 is 10.2 Å². The molecule has 3 unspecified atom stereocenters. The fourth-order valence-corrected chi connectivity index (χ4v) is 12.1. The van der Waals surface area contributed by atoms with Crippen LogP contribution in [0.3, 0.4) is 0 Å². The van der Waals surface area contributed by atoms with Crippen molar-refractivity contribution in [1.82, 2.24) is 5.32 Å². The highest BCUT2D eigenvalue weighted by atomic mass is 31.2. The van der Waals surface area contributed by atoms with Crippen molar-refractivity contribution < 1.29 is 32.9 Å². The average Bonchev–Trinajstić information content (AvgIpc) is 3.49. The Bertz CT molecular complexity index is 1450. The molecule has 83 heavy (non-hydrogen) atoms. The standard InChI is InChI=1S/C74H145N2O6P/c1-6-8-10-12-14-16-18-20-22-24-26-28-30-32-34-36-38-40-42-44-46-48-50-52-54-56-58-60-62-64-66-68-74(78)75-72(71-82-83(79,80)81-70-69-76(3,4)5)73(77)67-65-63-61-59-57-55-53-51-49-47-45-43-41-39-37-35-33-31-29-27-25-23-21-19-17-15-13-11-9-7-2/h24,26,57,59,65,67,72-73,77H,6-23,25,27-56,58,60-64,66,68-71H2,1-5H3,(H-,75,78,79,80)/b26-24-,59-57+,67-65+. The van der Waals surface area contributed by atoms with Crippen LogP contribution in [0.25, 0.3) is 0 Å². The van der Waals surface area contributed by atoms with Gasteiger partial charge in [-0.05, 0) is 57.8 Å². The third kappa shape index (κ3) is 68.1. The van der Waals surface area contributed by atoms with Gasteiger partial charge in [0.2, 0.25) is 5.91 Å². The van der Waals surface area contributed by atoms with Crippen LogP contribution in [0.2, 0.25) is 0 Å². The van der Waals surface area contributed by atoms with Crippen LogP contribution in [0, 0.1) is 0 Å². The molecule has 1 amide bonds. The molecule has 9 heteroatoms. The molecule has 0 spiro atoms. The molecule has 0 saturated heterocycles. The lowest BCUT2D eigenvalue weighted by atomic mass is 10.0. The first-order chi connectivity index (χ1) is 40.5. The quantitative estimate of drug-likeness (QED) is 0.0272. The van der Waals surface area contributed by atoms with Gasteiger partial charge in [-0.1, -0.05) is 352 Å². The zero-order valence-corrected chi connectivity index (χ0v) is 57.3. The van der Waals surface area contributed by atoms with Crippen molar-refractivity contribution in [3.05, 3.63) is 36.5 Å². The smallest absolute Gasteiger partial charge is 0.268 e. The molecule has 0 aliphatic heterocycles. The van der Waals surface area contributed by atoms with E-state index in [1.807, 2.05) is 27.2 Å². The lowest BCUT2D eigenvalue weighted by Gasteiger charge is -2.29. The Morgan fingerprint density at radius 2 is 0.675 bits per heavy atom. The monoisotopic (exact) mass is 1190 g/mol.